The van der Waals surface area contributed by atoms with Crippen molar-refractivity contribution < 1.29 is 0 Å². The van der Waals surface area contributed by atoms with E-state index in [1.165, 1.54) is 32.3 Å². The topological polar surface area (TPSA) is 17.2 Å². The molecule has 5 aromatic rings. The molecule has 0 aliphatic rings. The van der Waals surface area contributed by atoms with Crippen molar-refractivity contribution in [1.82, 2.24) is 4.98 Å². The summed E-state index contributed by atoms with van der Waals surface area (Å²) < 4.78 is 0. The first kappa shape index (κ1) is 13.0. The van der Waals surface area contributed by atoms with E-state index in [1.54, 1.807) is 6.20 Å². The lowest BCUT2D eigenvalue weighted by atomic mass is 9.90. The molecule has 110 valence electrons. The zero-order chi connectivity index (χ0) is 16.1. The molecule has 0 N–H and O–H groups in total. The summed E-state index contributed by atoms with van der Waals surface area (Å²) in [7, 11) is 0. The van der Waals surface area contributed by atoms with E-state index in [4.69, 9.17) is 6.57 Å². The largest absolute Gasteiger partial charge is 0.361 e. The first-order valence-electron chi connectivity index (χ1n) is 7.85. The van der Waals surface area contributed by atoms with Gasteiger partial charge < -0.3 is 4.85 Å². The summed E-state index contributed by atoms with van der Waals surface area (Å²) in [5, 5.41) is 7.60. The van der Waals surface area contributed by atoms with Crippen molar-refractivity contribution in [2.75, 3.05) is 0 Å². The predicted octanol–water partition coefficient (Wildman–Crippen LogP) is 6.20. The van der Waals surface area contributed by atoms with Gasteiger partial charge in [-0.2, -0.15) is 0 Å². The molecular formula is C22H12N2. The highest BCUT2D eigenvalue weighted by atomic mass is 14.8. The van der Waals surface area contributed by atoms with Gasteiger partial charge in [-0.25, -0.2) is 0 Å². The van der Waals surface area contributed by atoms with Crippen molar-refractivity contribution in [1.29, 1.82) is 0 Å². The maximum Gasteiger partial charge on any atom is 0.270 e. The first-order valence-corrected chi connectivity index (χ1v) is 7.85. The second kappa shape index (κ2) is 4.78. The third kappa shape index (κ3) is 1.73. The Morgan fingerprint density at radius 1 is 0.750 bits per heavy atom. The summed E-state index contributed by atoms with van der Waals surface area (Å²) >= 11 is 0. The van der Waals surface area contributed by atoms with Crippen LogP contribution in [0, 0.1) is 6.57 Å². The van der Waals surface area contributed by atoms with Crippen molar-refractivity contribution in [3.05, 3.63) is 84.3 Å². The molecule has 2 nitrogen and oxygen atoms in total. The molecule has 5 rings (SSSR count). The summed E-state index contributed by atoms with van der Waals surface area (Å²) in [6, 6.07) is 23.3. The molecule has 0 aliphatic heterocycles. The summed E-state index contributed by atoms with van der Waals surface area (Å²) in [5.41, 5.74) is 2.18. The fourth-order valence-corrected chi connectivity index (χ4v) is 3.63. The van der Waals surface area contributed by atoms with Crippen molar-refractivity contribution in [3.63, 3.8) is 0 Å². The molecule has 0 spiro atoms. The summed E-state index contributed by atoms with van der Waals surface area (Å²) in [4.78, 5) is 7.55. The van der Waals surface area contributed by atoms with Crippen LogP contribution in [0.25, 0.3) is 48.3 Å². The van der Waals surface area contributed by atoms with Gasteiger partial charge in [0.05, 0.1) is 0 Å². The predicted molar refractivity (Wildman–Crippen MR) is 99.6 cm³/mol. The second-order valence-electron chi connectivity index (χ2n) is 5.98. The first-order chi connectivity index (χ1) is 11.8. The fourth-order valence-electron chi connectivity index (χ4n) is 3.63. The molecule has 0 atom stereocenters. The SMILES string of the molecule is [C-]#[N+]c1cc(-c2ccc3ccc4cccc5ccc2c3c45)ccn1. The minimum absolute atomic E-state index is 0.429. The van der Waals surface area contributed by atoms with E-state index in [0.29, 0.717) is 5.82 Å². The molecule has 0 radical (unpaired) electrons. The van der Waals surface area contributed by atoms with Gasteiger partial charge in [-0.05, 0) is 55.6 Å². The van der Waals surface area contributed by atoms with Crippen molar-refractivity contribution in [2.24, 2.45) is 0 Å². The summed E-state index contributed by atoms with van der Waals surface area (Å²) in [6.45, 7) is 7.20. The van der Waals surface area contributed by atoms with Gasteiger partial charge in [0, 0.05) is 0 Å². The minimum Gasteiger partial charge on any atom is -0.361 e. The lowest BCUT2D eigenvalue weighted by Gasteiger charge is -2.14. The number of benzene rings is 4. The van der Waals surface area contributed by atoms with Gasteiger partial charge in [0.2, 0.25) is 0 Å². The van der Waals surface area contributed by atoms with Crippen LogP contribution in [0.1, 0.15) is 0 Å². The fraction of sp³-hybridized carbons (Fsp3) is 0. The zero-order valence-corrected chi connectivity index (χ0v) is 12.8. The maximum absolute atomic E-state index is 7.20. The second-order valence-corrected chi connectivity index (χ2v) is 5.98. The van der Waals surface area contributed by atoms with Crippen molar-refractivity contribution in [3.8, 4) is 11.1 Å². The average molecular weight is 304 g/mol. The molecule has 2 heteroatoms. The van der Waals surface area contributed by atoms with Crippen LogP contribution < -0.4 is 0 Å². The number of rotatable bonds is 1. The van der Waals surface area contributed by atoms with Crippen LogP contribution in [0.4, 0.5) is 5.82 Å². The third-order valence-electron chi connectivity index (χ3n) is 4.70. The summed E-state index contributed by atoms with van der Waals surface area (Å²) in [6.07, 6.45) is 1.71. The van der Waals surface area contributed by atoms with E-state index in [9.17, 15) is 0 Å². The van der Waals surface area contributed by atoms with Crippen molar-refractivity contribution >= 4 is 38.1 Å². The molecule has 0 unspecified atom stereocenters. The molecule has 4 aromatic carbocycles. The number of hydrogen-bond acceptors (Lipinski definition) is 1. The van der Waals surface area contributed by atoms with Crippen LogP contribution >= 0.6 is 0 Å². The maximum atomic E-state index is 7.20. The molecule has 1 heterocycles. The van der Waals surface area contributed by atoms with Crippen LogP contribution in [0.2, 0.25) is 0 Å². The molecule has 0 bridgehead atoms. The lowest BCUT2D eigenvalue weighted by molar-refractivity contribution is 1.36. The number of nitrogens with zero attached hydrogens (tertiary/aromatic N) is 2. The molecule has 0 amide bonds. The summed E-state index contributed by atoms with van der Waals surface area (Å²) in [5.74, 6) is 0.429. The monoisotopic (exact) mass is 304 g/mol. The Kier molecular flexibility index (Phi) is 2.60. The number of aromatic nitrogens is 1. The number of pyridine rings is 1. The van der Waals surface area contributed by atoms with Gasteiger partial charge in [-0.15, -0.1) is 4.98 Å². The van der Waals surface area contributed by atoms with Gasteiger partial charge in [0.15, 0.2) is 0 Å². The quantitative estimate of drug-likeness (QED) is 0.266. The van der Waals surface area contributed by atoms with Gasteiger partial charge in [0.25, 0.3) is 5.82 Å². The van der Waals surface area contributed by atoms with E-state index in [-0.39, 0.29) is 0 Å². The highest BCUT2D eigenvalue weighted by Crippen LogP contribution is 2.39. The molecule has 0 saturated heterocycles. The smallest absolute Gasteiger partial charge is 0.270 e. The Balaban J connectivity index is 1.95. The molecule has 0 aliphatic carbocycles. The van der Waals surface area contributed by atoms with E-state index >= 15 is 0 Å². The van der Waals surface area contributed by atoms with E-state index in [0.717, 1.165) is 11.1 Å². The van der Waals surface area contributed by atoms with Crippen LogP contribution in [0.5, 0.6) is 0 Å². The van der Waals surface area contributed by atoms with Gasteiger partial charge in [0.1, 0.15) is 6.20 Å². The Morgan fingerprint density at radius 3 is 2.25 bits per heavy atom. The minimum atomic E-state index is 0.429. The Labute approximate surface area is 139 Å². The molecule has 1 aromatic heterocycles. The van der Waals surface area contributed by atoms with E-state index in [2.05, 4.69) is 64.4 Å². The molecule has 24 heavy (non-hydrogen) atoms. The lowest BCUT2D eigenvalue weighted by Crippen LogP contribution is -1.87. The normalized spacial score (nSPS) is 11.3. The van der Waals surface area contributed by atoms with Crippen LogP contribution in [-0.2, 0) is 0 Å². The van der Waals surface area contributed by atoms with E-state index < -0.39 is 0 Å². The standard InChI is InChI=1S/C22H12N2/c1-23-20-13-17(11-12-24-20)18-9-7-16-6-5-14-3-2-4-15-8-10-19(18)22(16)21(14)15/h2-13H. The van der Waals surface area contributed by atoms with Crippen LogP contribution in [0.3, 0.4) is 0 Å². The molecule has 0 saturated carbocycles. The Bertz CT molecular complexity index is 1250. The van der Waals surface area contributed by atoms with Gasteiger partial charge >= 0.3 is 0 Å². The third-order valence-corrected chi connectivity index (χ3v) is 4.70. The zero-order valence-electron chi connectivity index (χ0n) is 12.8. The number of hydrogen-bond donors (Lipinski definition) is 0. The van der Waals surface area contributed by atoms with Gasteiger partial charge in [-0.3, -0.25) is 0 Å². The van der Waals surface area contributed by atoms with Gasteiger partial charge in [-0.1, -0.05) is 61.2 Å². The van der Waals surface area contributed by atoms with E-state index in [1.807, 2.05) is 12.1 Å². The Hall–Kier alpha value is -3.44. The molecular weight excluding hydrogens is 292 g/mol. The molecule has 0 fully saturated rings. The van der Waals surface area contributed by atoms with Crippen LogP contribution in [0.15, 0.2) is 72.9 Å². The average Bonchev–Trinajstić information content (AvgIpc) is 2.66. The van der Waals surface area contributed by atoms with Crippen molar-refractivity contribution in [2.45, 2.75) is 0 Å². The Morgan fingerprint density at radius 2 is 1.46 bits per heavy atom. The van der Waals surface area contributed by atoms with Crippen LogP contribution in [-0.4, -0.2) is 4.98 Å². The highest BCUT2D eigenvalue weighted by Gasteiger charge is 2.12. The highest BCUT2D eigenvalue weighted by molar-refractivity contribution is 6.25.